The van der Waals surface area contributed by atoms with Crippen LogP contribution in [-0.2, 0) is 16.1 Å². The van der Waals surface area contributed by atoms with Crippen molar-refractivity contribution in [2.75, 3.05) is 13.2 Å². The second-order valence-corrected chi connectivity index (χ2v) is 9.89. The second-order valence-electron chi connectivity index (χ2n) is 7.67. The fourth-order valence-electron chi connectivity index (χ4n) is 3.71. The Labute approximate surface area is 190 Å². The standard InChI is InChI=1S/C22H30BrN3O3S/c1-3-29-13-7-12-26-21(28)18-14-16(23)10-11-19(18)25-22(26)30-15(2)20(27)24-17-8-5-4-6-9-17/h10-11,14-15,17H,3-9,12-13H2,1-2H3,(H,24,27)/t15-/m1/s1. The van der Waals surface area contributed by atoms with Crippen molar-refractivity contribution < 1.29 is 9.53 Å². The summed E-state index contributed by atoms with van der Waals surface area (Å²) in [4.78, 5) is 30.7. The first kappa shape index (κ1) is 23.3. The Balaban J connectivity index is 1.81. The number of nitrogens with one attached hydrogen (secondary N) is 1. The zero-order valence-corrected chi connectivity index (χ0v) is 20.1. The summed E-state index contributed by atoms with van der Waals surface area (Å²) in [5.74, 6) is 0.0120. The number of aromatic nitrogens is 2. The van der Waals surface area contributed by atoms with Crippen molar-refractivity contribution in [1.29, 1.82) is 0 Å². The van der Waals surface area contributed by atoms with E-state index in [-0.39, 0.29) is 22.8 Å². The van der Waals surface area contributed by atoms with Gasteiger partial charge in [0.05, 0.1) is 16.2 Å². The number of fused-ring (bicyclic) bond motifs is 1. The molecular weight excluding hydrogens is 466 g/mol. The third-order valence-electron chi connectivity index (χ3n) is 5.36. The molecule has 1 aliphatic carbocycles. The lowest BCUT2D eigenvalue weighted by molar-refractivity contribution is -0.121. The Morgan fingerprint density at radius 1 is 1.37 bits per heavy atom. The predicted octanol–water partition coefficient (Wildman–Crippen LogP) is 4.52. The van der Waals surface area contributed by atoms with Gasteiger partial charge in [0.15, 0.2) is 5.16 Å². The summed E-state index contributed by atoms with van der Waals surface area (Å²) >= 11 is 4.79. The molecule has 1 amide bonds. The maximum atomic E-state index is 13.2. The van der Waals surface area contributed by atoms with E-state index in [1.165, 1.54) is 31.0 Å². The molecule has 0 saturated heterocycles. The number of nitrogens with zero attached hydrogens (tertiary/aromatic N) is 2. The van der Waals surface area contributed by atoms with Gasteiger partial charge in [-0.2, -0.15) is 0 Å². The Morgan fingerprint density at radius 3 is 2.87 bits per heavy atom. The lowest BCUT2D eigenvalue weighted by Crippen LogP contribution is -2.40. The normalized spacial score (nSPS) is 16.0. The summed E-state index contributed by atoms with van der Waals surface area (Å²) < 4.78 is 7.96. The highest BCUT2D eigenvalue weighted by Crippen LogP contribution is 2.25. The number of ether oxygens (including phenoxy) is 1. The van der Waals surface area contributed by atoms with Gasteiger partial charge in [-0.25, -0.2) is 4.98 Å². The van der Waals surface area contributed by atoms with E-state index in [0.717, 1.165) is 17.3 Å². The van der Waals surface area contributed by atoms with Crippen LogP contribution in [0.5, 0.6) is 0 Å². The van der Waals surface area contributed by atoms with Crippen LogP contribution in [0.25, 0.3) is 10.9 Å². The van der Waals surface area contributed by atoms with Gasteiger partial charge < -0.3 is 10.1 Å². The summed E-state index contributed by atoms with van der Waals surface area (Å²) in [5, 5.41) is 4.00. The number of thioether (sulfide) groups is 1. The zero-order chi connectivity index (χ0) is 21.5. The summed E-state index contributed by atoms with van der Waals surface area (Å²) in [7, 11) is 0. The monoisotopic (exact) mass is 495 g/mol. The molecular formula is C22H30BrN3O3S. The van der Waals surface area contributed by atoms with Crippen molar-refractivity contribution >= 4 is 44.5 Å². The molecule has 1 fully saturated rings. The average Bonchev–Trinajstić information content (AvgIpc) is 2.74. The lowest BCUT2D eigenvalue weighted by atomic mass is 9.95. The minimum Gasteiger partial charge on any atom is -0.382 e. The number of amides is 1. The Bertz CT molecular complexity index is 928. The molecule has 1 saturated carbocycles. The number of benzene rings is 1. The summed E-state index contributed by atoms with van der Waals surface area (Å²) in [6.07, 6.45) is 6.41. The highest BCUT2D eigenvalue weighted by molar-refractivity contribution is 9.10. The van der Waals surface area contributed by atoms with E-state index in [1.807, 2.05) is 26.0 Å². The molecule has 30 heavy (non-hydrogen) atoms. The third-order valence-corrected chi connectivity index (χ3v) is 6.94. The van der Waals surface area contributed by atoms with Gasteiger partial charge in [0.2, 0.25) is 5.91 Å². The highest BCUT2D eigenvalue weighted by atomic mass is 79.9. The zero-order valence-electron chi connectivity index (χ0n) is 17.7. The van der Waals surface area contributed by atoms with Crippen molar-refractivity contribution in [3.8, 4) is 0 Å². The Hall–Kier alpha value is -1.38. The molecule has 6 nitrogen and oxygen atoms in total. The van der Waals surface area contributed by atoms with Crippen LogP contribution in [0.15, 0.2) is 32.6 Å². The Morgan fingerprint density at radius 2 is 2.13 bits per heavy atom. The van der Waals surface area contributed by atoms with Gasteiger partial charge in [0.25, 0.3) is 5.56 Å². The van der Waals surface area contributed by atoms with Gasteiger partial charge >= 0.3 is 0 Å². The first-order valence-corrected chi connectivity index (χ1v) is 12.4. The van der Waals surface area contributed by atoms with Crippen molar-refractivity contribution in [2.45, 2.75) is 75.4 Å². The first-order valence-electron chi connectivity index (χ1n) is 10.7. The highest BCUT2D eigenvalue weighted by Gasteiger charge is 2.23. The molecule has 1 heterocycles. The van der Waals surface area contributed by atoms with Crippen LogP contribution in [0.4, 0.5) is 0 Å². The van der Waals surface area contributed by atoms with Crippen molar-refractivity contribution in [3.05, 3.63) is 33.0 Å². The van der Waals surface area contributed by atoms with Gasteiger partial charge in [-0.1, -0.05) is 47.0 Å². The molecule has 164 valence electrons. The number of hydrogen-bond donors (Lipinski definition) is 1. The van der Waals surface area contributed by atoms with Crippen LogP contribution in [-0.4, -0.2) is 40.0 Å². The number of carbonyl (C=O) groups is 1. The van der Waals surface area contributed by atoms with Crippen LogP contribution in [0.2, 0.25) is 0 Å². The van der Waals surface area contributed by atoms with E-state index in [2.05, 4.69) is 21.2 Å². The molecule has 0 bridgehead atoms. The van der Waals surface area contributed by atoms with E-state index < -0.39 is 0 Å². The fourth-order valence-corrected chi connectivity index (χ4v) is 5.01. The van der Waals surface area contributed by atoms with E-state index in [0.29, 0.717) is 42.2 Å². The second kappa shape index (κ2) is 11.3. The third kappa shape index (κ3) is 6.08. The van der Waals surface area contributed by atoms with E-state index in [9.17, 15) is 9.59 Å². The minimum atomic E-state index is -0.329. The maximum Gasteiger partial charge on any atom is 0.262 e. The molecule has 1 atom stereocenters. The molecule has 1 N–H and O–H groups in total. The van der Waals surface area contributed by atoms with Crippen LogP contribution in [0.3, 0.4) is 0 Å². The SMILES string of the molecule is CCOCCCn1c(S[C@H](C)C(=O)NC2CCCCC2)nc2ccc(Br)cc2c1=O. The largest absolute Gasteiger partial charge is 0.382 e. The van der Waals surface area contributed by atoms with E-state index >= 15 is 0 Å². The molecule has 0 aliphatic heterocycles. The van der Waals surface area contributed by atoms with Crippen molar-refractivity contribution in [1.82, 2.24) is 14.9 Å². The molecule has 0 radical (unpaired) electrons. The molecule has 1 aromatic carbocycles. The molecule has 1 aromatic heterocycles. The van der Waals surface area contributed by atoms with Gasteiger partial charge in [0.1, 0.15) is 0 Å². The number of carbonyl (C=O) groups excluding carboxylic acids is 1. The maximum absolute atomic E-state index is 13.2. The fraction of sp³-hybridized carbons (Fsp3) is 0.591. The van der Waals surface area contributed by atoms with Gasteiger partial charge in [-0.15, -0.1) is 0 Å². The van der Waals surface area contributed by atoms with Gasteiger partial charge in [-0.3, -0.25) is 14.2 Å². The summed E-state index contributed by atoms with van der Waals surface area (Å²) in [5.41, 5.74) is 0.562. The molecule has 0 spiro atoms. The quantitative estimate of drug-likeness (QED) is 0.314. The van der Waals surface area contributed by atoms with Crippen LogP contribution in [0.1, 0.15) is 52.4 Å². The van der Waals surface area contributed by atoms with E-state index in [4.69, 9.17) is 9.72 Å². The van der Waals surface area contributed by atoms with Gasteiger partial charge in [-0.05, 0) is 51.3 Å². The van der Waals surface area contributed by atoms with Crippen molar-refractivity contribution in [2.24, 2.45) is 0 Å². The van der Waals surface area contributed by atoms with Crippen LogP contribution < -0.4 is 10.9 Å². The predicted molar refractivity (Wildman–Crippen MR) is 125 cm³/mol. The Kier molecular flexibility index (Phi) is 8.77. The minimum absolute atomic E-state index is 0.0120. The smallest absolute Gasteiger partial charge is 0.262 e. The van der Waals surface area contributed by atoms with Crippen LogP contribution >= 0.6 is 27.7 Å². The first-order chi connectivity index (χ1) is 14.5. The van der Waals surface area contributed by atoms with Crippen LogP contribution in [0, 0.1) is 0 Å². The molecule has 3 rings (SSSR count). The number of hydrogen-bond acceptors (Lipinski definition) is 5. The summed E-state index contributed by atoms with van der Waals surface area (Å²) in [6, 6.07) is 5.78. The lowest BCUT2D eigenvalue weighted by Gasteiger charge is -2.24. The van der Waals surface area contributed by atoms with Crippen molar-refractivity contribution in [3.63, 3.8) is 0 Å². The van der Waals surface area contributed by atoms with Gasteiger partial charge in [0, 0.05) is 30.3 Å². The summed E-state index contributed by atoms with van der Waals surface area (Å²) in [6.45, 7) is 5.58. The molecule has 2 aromatic rings. The number of halogens is 1. The molecule has 1 aliphatic rings. The topological polar surface area (TPSA) is 73.2 Å². The molecule has 0 unspecified atom stereocenters. The number of rotatable bonds is 9. The average molecular weight is 496 g/mol. The van der Waals surface area contributed by atoms with E-state index in [1.54, 1.807) is 10.6 Å². The molecule has 8 heteroatoms.